The molecule has 2 heteroatoms. The molecular weight excluding hydrogens is 324 g/mol. The summed E-state index contributed by atoms with van der Waals surface area (Å²) in [6.07, 6.45) is 4.78. The molecule has 1 rings (SSSR count). The maximum Gasteiger partial charge on any atom is 0.0607 e. The van der Waals surface area contributed by atoms with Gasteiger partial charge in [-0.3, -0.25) is 0 Å². The molecule has 0 heterocycles. The fraction of sp³-hybridized carbons (Fsp3) is 0.696. The third kappa shape index (κ3) is 11.6. The van der Waals surface area contributed by atoms with E-state index in [1.165, 1.54) is 24.8 Å². The van der Waals surface area contributed by atoms with Crippen molar-refractivity contribution in [2.45, 2.75) is 91.7 Å². The quantitative estimate of drug-likeness (QED) is 0.336. The molecule has 0 saturated heterocycles. The fourth-order valence-electron chi connectivity index (χ4n) is 2.72. The predicted molar refractivity (Wildman–Crippen MR) is 119 cm³/mol. The third-order valence-electron chi connectivity index (χ3n) is 4.13. The summed E-state index contributed by atoms with van der Waals surface area (Å²) >= 11 is 0. The monoisotopic (exact) mass is 366 g/mol. The topological polar surface area (TPSA) is 9.23 Å². The van der Waals surface area contributed by atoms with E-state index in [1.807, 2.05) is 0 Å². The van der Waals surface area contributed by atoms with Crippen molar-refractivity contribution in [3.63, 3.8) is 0 Å². The van der Waals surface area contributed by atoms with Gasteiger partial charge in [-0.2, -0.15) is 0 Å². The largest absolute Gasteiger partial charge is 0.323 e. The van der Waals surface area contributed by atoms with E-state index in [-0.39, 0.29) is 15.5 Å². The lowest BCUT2D eigenvalue weighted by molar-refractivity contribution is 0.249. The second-order valence-corrected chi connectivity index (χ2v) is 10.9. The summed E-state index contributed by atoms with van der Waals surface area (Å²) in [5, 5.41) is 0. The maximum absolute atomic E-state index is 5.91. The van der Waals surface area contributed by atoms with E-state index in [0.717, 1.165) is 13.0 Å². The Morgan fingerprint density at radius 2 is 1.56 bits per heavy atom. The van der Waals surface area contributed by atoms with Crippen molar-refractivity contribution in [1.29, 1.82) is 0 Å². The Labute approximate surface area is 160 Å². The van der Waals surface area contributed by atoms with Crippen LogP contribution in [0.1, 0.15) is 92.6 Å². The van der Waals surface area contributed by atoms with Crippen molar-refractivity contribution in [2.24, 2.45) is 5.41 Å². The van der Waals surface area contributed by atoms with Gasteiger partial charge in [0.15, 0.2) is 0 Å². The highest BCUT2D eigenvalue weighted by molar-refractivity contribution is 8.11. The van der Waals surface area contributed by atoms with E-state index in [1.54, 1.807) is 0 Å². The molecule has 0 aliphatic carbocycles. The Bertz CT molecular complexity index is 471. The molecule has 0 bridgehead atoms. The van der Waals surface area contributed by atoms with Crippen LogP contribution in [0.5, 0.6) is 0 Å². The highest BCUT2D eigenvalue weighted by Gasteiger charge is 2.22. The highest BCUT2D eigenvalue weighted by Crippen LogP contribution is 2.36. The Morgan fingerprint density at radius 1 is 1.04 bits per heavy atom. The zero-order chi connectivity index (χ0) is 19.5. The summed E-state index contributed by atoms with van der Waals surface area (Å²) in [6.45, 7) is 18.7. The van der Waals surface area contributed by atoms with Crippen molar-refractivity contribution in [3.05, 3.63) is 35.9 Å². The van der Waals surface area contributed by atoms with Crippen LogP contribution in [0.15, 0.2) is 30.3 Å². The van der Waals surface area contributed by atoms with Gasteiger partial charge in [-0.05, 0) is 62.8 Å². The van der Waals surface area contributed by atoms with Gasteiger partial charge in [0, 0.05) is 4.75 Å². The van der Waals surface area contributed by atoms with Gasteiger partial charge in [0.1, 0.15) is 0 Å². The minimum Gasteiger partial charge on any atom is -0.323 e. The normalized spacial score (nSPS) is 14.4. The smallest absolute Gasteiger partial charge is 0.0607 e. The molecule has 25 heavy (non-hydrogen) atoms. The standard InChI is InChI=1S/C20H34OS.C3H8/c1-17(18-12-9-8-10-13-18)16-20(5,6)14-11-15-21-22(7)19(2,3)4;1-3-2/h8-10,12-13,17H,7,11,14-16H2,1-6H3;3H2,1-2H3. The van der Waals surface area contributed by atoms with Crippen LogP contribution >= 0.6 is 10.8 Å². The first-order valence-electron chi connectivity index (χ1n) is 9.75. The van der Waals surface area contributed by atoms with Crippen LogP contribution in [-0.4, -0.2) is 17.2 Å². The summed E-state index contributed by atoms with van der Waals surface area (Å²) in [7, 11) is -0.206. The minimum absolute atomic E-state index is 0.150. The molecule has 0 saturated carbocycles. The lowest BCUT2D eigenvalue weighted by Gasteiger charge is -2.29. The van der Waals surface area contributed by atoms with Crippen LogP contribution in [0.2, 0.25) is 0 Å². The Morgan fingerprint density at radius 3 is 2.04 bits per heavy atom. The van der Waals surface area contributed by atoms with Crippen LogP contribution in [0.4, 0.5) is 0 Å². The van der Waals surface area contributed by atoms with Crippen molar-refractivity contribution in [3.8, 4) is 0 Å². The van der Waals surface area contributed by atoms with Gasteiger partial charge in [-0.15, -0.1) is 0 Å². The highest BCUT2D eigenvalue weighted by atomic mass is 32.2. The zero-order valence-electron chi connectivity index (χ0n) is 18.0. The minimum atomic E-state index is -0.206. The number of hydrogen-bond acceptors (Lipinski definition) is 1. The van der Waals surface area contributed by atoms with Crippen molar-refractivity contribution in [2.75, 3.05) is 6.61 Å². The molecule has 146 valence electrons. The Balaban J connectivity index is 0.00000178. The van der Waals surface area contributed by atoms with Gasteiger partial charge in [0.25, 0.3) is 0 Å². The molecule has 0 fully saturated rings. The van der Waals surface area contributed by atoms with Gasteiger partial charge in [-0.25, -0.2) is 0 Å². The van der Waals surface area contributed by atoms with Crippen LogP contribution in [0, 0.1) is 5.41 Å². The van der Waals surface area contributed by atoms with E-state index in [9.17, 15) is 0 Å². The fourth-order valence-corrected chi connectivity index (χ4v) is 3.39. The van der Waals surface area contributed by atoms with Crippen LogP contribution in [-0.2, 0) is 4.18 Å². The first-order valence-corrected chi connectivity index (χ1v) is 11.1. The molecule has 0 aliphatic rings. The first-order chi connectivity index (χ1) is 11.5. The first kappa shape index (κ1) is 24.4. The van der Waals surface area contributed by atoms with Crippen molar-refractivity contribution >= 4 is 16.6 Å². The molecule has 0 aromatic heterocycles. The average Bonchev–Trinajstić information content (AvgIpc) is 2.51. The van der Waals surface area contributed by atoms with Gasteiger partial charge in [0.05, 0.1) is 6.61 Å². The molecule has 0 amide bonds. The number of benzene rings is 1. The van der Waals surface area contributed by atoms with E-state index in [4.69, 9.17) is 4.18 Å². The SMILES string of the molecule is C=S(OCCCC(C)(C)CC(C)c1ccccc1)C(C)(C)C.CCC. The molecule has 0 radical (unpaired) electrons. The number of rotatable bonds is 8. The van der Waals surface area contributed by atoms with E-state index >= 15 is 0 Å². The van der Waals surface area contributed by atoms with Gasteiger partial charge >= 0.3 is 0 Å². The third-order valence-corrected chi connectivity index (χ3v) is 5.95. The van der Waals surface area contributed by atoms with Crippen LogP contribution in [0.3, 0.4) is 0 Å². The molecule has 0 spiro atoms. The summed E-state index contributed by atoms with van der Waals surface area (Å²) in [5.41, 5.74) is 1.79. The molecule has 2 atom stereocenters. The summed E-state index contributed by atoms with van der Waals surface area (Å²) < 4.78 is 6.06. The molecule has 0 N–H and O–H groups in total. The van der Waals surface area contributed by atoms with Crippen molar-refractivity contribution in [1.82, 2.24) is 0 Å². The van der Waals surface area contributed by atoms with Gasteiger partial charge in [-0.1, -0.05) is 82.1 Å². The predicted octanol–water partition coefficient (Wildman–Crippen LogP) is 7.83. The Hall–Kier alpha value is -0.600. The molecule has 1 aromatic carbocycles. The van der Waals surface area contributed by atoms with E-state index < -0.39 is 0 Å². The molecular formula is C23H42OS. The molecule has 1 aromatic rings. The van der Waals surface area contributed by atoms with Gasteiger partial charge in [0.2, 0.25) is 0 Å². The summed E-state index contributed by atoms with van der Waals surface area (Å²) in [5.74, 6) is 4.74. The van der Waals surface area contributed by atoms with E-state index in [2.05, 4.69) is 91.6 Å². The van der Waals surface area contributed by atoms with Crippen LogP contribution < -0.4 is 0 Å². The second kappa shape index (κ2) is 11.9. The lowest BCUT2D eigenvalue weighted by Crippen LogP contribution is -2.16. The molecule has 2 unspecified atom stereocenters. The van der Waals surface area contributed by atoms with E-state index in [0.29, 0.717) is 11.3 Å². The maximum atomic E-state index is 5.91. The molecule has 1 nitrogen and oxygen atoms in total. The Kier molecular flexibility index (Phi) is 11.6. The number of hydrogen-bond donors (Lipinski definition) is 0. The zero-order valence-corrected chi connectivity index (χ0v) is 18.8. The average molecular weight is 367 g/mol. The second-order valence-electron chi connectivity index (χ2n) is 8.77. The van der Waals surface area contributed by atoms with Crippen LogP contribution in [0.25, 0.3) is 0 Å². The molecule has 0 aliphatic heterocycles. The summed E-state index contributed by atoms with van der Waals surface area (Å²) in [6, 6.07) is 10.8. The summed E-state index contributed by atoms with van der Waals surface area (Å²) in [4.78, 5) is 0. The van der Waals surface area contributed by atoms with Gasteiger partial charge < -0.3 is 4.18 Å². The van der Waals surface area contributed by atoms with Crippen molar-refractivity contribution < 1.29 is 4.18 Å². The lowest BCUT2D eigenvalue weighted by atomic mass is 9.78.